The minimum Gasteiger partial charge on any atom is -0.404 e. The molecule has 0 bridgehead atoms. The Labute approximate surface area is 264 Å². The summed E-state index contributed by atoms with van der Waals surface area (Å²) in [4.78, 5) is 38.4. The highest BCUT2D eigenvalue weighted by molar-refractivity contribution is 8.15. The van der Waals surface area contributed by atoms with E-state index in [1.165, 1.54) is 30.6 Å². The molecule has 2 aromatic carbocycles. The summed E-state index contributed by atoms with van der Waals surface area (Å²) in [5, 5.41) is 6.35. The number of aliphatic imine (C=N–C) groups is 1. The molecule has 0 aliphatic carbocycles. The largest absolute Gasteiger partial charge is 0.573 e. The van der Waals surface area contributed by atoms with Crippen molar-refractivity contribution in [3.63, 3.8) is 0 Å². The van der Waals surface area contributed by atoms with Gasteiger partial charge in [-0.05, 0) is 48.9 Å². The van der Waals surface area contributed by atoms with Crippen molar-refractivity contribution in [3.8, 4) is 23.0 Å². The molecule has 3 heterocycles. The van der Waals surface area contributed by atoms with Gasteiger partial charge in [0.2, 0.25) is 5.91 Å². The minimum atomic E-state index is -4.88. The number of halogens is 7. The summed E-state index contributed by atoms with van der Waals surface area (Å²) < 4.78 is 99.6. The van der Waals surface area contributed by atoms with E-state index < -0.39 is 49.3 Å². The first-order valence-electron chi connectivity index (χ1n) is 13.2. The maximum atomic E-state index is 15.0. The Kier molecular flexibility index (Phi) is 9.48. The van der Waals surface area contributed by atoms with Gasteiger partial charge in [-0.25, -0.2) is 23.8 Å². The van der Waals surface area contributed by atoms with E-state index in [1.807, 2.05) is 0 Å². The van der Waals surface area contributed by atoms with Crippen molar-refractivity contribution in [2.24, 2.45) is 4.99 Å². The lowest BCUT2D eigenvalue weighted by molar-refractivity contribution is -0.274. The summed E-state index contributed by atoms with van der Waals surface area (Å²) in [5.41, 5.74) is 1.04. The number of anilines is 2. The zero-order chi connectivity index (χ0) is 33.9. The number of hydrogen-bond acceptors (Lipinski definition) is 8. The summed E-state index contributed by atoms with van der Waals surface area (Å²) in [6, 6.07) is 9.51. The van der Waals surface area contributed by atoms with Crippen LogP contribution in [0.2, 0.25) is 0 Å². The van der Waals surface area contributed by atoms with Gasteiger partial charge in [0.15, 0.2) is 16.8 Å². The third-order valence-corrected chi connectivity index (χ3v) is 7.04. The molecular weight excluding hydrogens is 663 g/mol. The normalized spacial score (nSPS) is 14.6. The molecule has 1 aliphatic rings. The molecule has 5 rings (SSSR count). The second-order valence-electron chi connectivity index (χ2n) is 9.69. The van der Waals surface area contributed by atoms with Crippen LogP contribution in [-0.4, -0.2) is 61.8 Å². The zero-order valence-corrected chi connectivity index (χ0v) is 24.6. The minimum absolute atomic E-state index is 0.0316. The third-order valence-electron chi connectivity index (χ3n) is 6.12. The number of nitrogens with one attached hydrogen (secondary N) is 1. The predicted octanol–water partition coefficient (Wildman–Crippen LogP) is 6.42. The van der Waals surface area contributed by atoms with Gasteiger partial charge >= 0.3 is 18.6 Å². The van der Waals surface area contributed by atoms with Gasteiger partial charge in [0.25, 0.3) is 0 Å². The fraction of sp³-hybridized carbons (Fsp3) is 0.214. The summed E-state index contributed by atoms with van der Waals surface area (Å²) in [6.07, 6.45) is -7.38. The fourth-order valence-corrected chi connectivity index (χ4v) is 5.01. The molecule has 246 valence electrons. The Balaban J connectivity index is 1.29. The molecule has 4 aromatic rings. The first-order valence-corrected chi connectivity index (χ1v) is 14.2. The van der Waals surface area contributed by atoms with E-state index in [1.54, 1.807) is 19.1 Å². The number of nitrogens with zero attached hydrogens (tertiary/aromatic N) is 6. The Bertz CT molecular complexity index is 1830. The lowest BCUT2D eigenvalue weighted by Crippen LogP contribution is -2.31. The number of ether oxygens (including phenoxy) is 2. The van der Waals surface area contributed by atoms with Gasteiger partial charge in [-0.2, -0.15) is 18.2 Å². The van der Waals surface area contributed by atoms with Gasteiger partial charge in [0.05, 0.1) is 29.9 Å². The molecule has 1 saturated heterocycles. The summed E-state index contributed by atoms with van der Waals surface area (Å²) in [5.74, 6) is -1.88. The molecule has 2 aromatic heterocycles. The van der Waals surface area contributed by atoms with Gasteiger partial charge in [0, 0.05) is 11.1 Å². The van der Waals surface area contributed by atoms with E-state index >= 15 is 4.39 Å². The van der Waals surface area contributed by atoms with Crippen LogP contribution >= 0.6 is 11.8 Å². The third kappa shape index (κ3) is 8.61. The molecule has 0 spiro atoms. The average molecular weight is 684 g/mol. The Morgan fingerprint density at radius 1 is 1.06 bits per heavy atom. The number of carbonyl (C=O) groups excluding carboxylic acids is 2. The number of rotatable bonds is 8. The second kappa shape index (κ2) is 13.4. The molecule has 0 saturated carbocycles. The highest BCUT2D eigenvalue weighted by Gasteiger charge is 2.33. The van der Waals surface area contributed by atoms with Crippen molar-refractivity contribution in [3.05, 3.63) is 78.0 Å². The zero-order valence-electron chi connectivity index (χ0n) is 23.8. The van der Waals surface area contributed by atoms with E-state index in [4.69, 9.17) is 4.74 Å². The molecule has 19 heteroatoms. The Morgan fingerprint density at radius 2 is 1.85 bits per heavy atom. The first kappa shape index (κ1) is 33.3. The highest BCUT2D eigenvalue weighted by Crippen LogP contribution is 2.32. The molecular formula is C28H20F7N7O4S. The van der Waals surface area contributed by atoms with E-state index in [0.717, 1.165) is 39.7 Å². The van der Waals surface area contributed by atoms with Crippen LogP contribution in [0.1, 0.15) is 11.1 Å². The smallest absolute Gasteiger partial charge is 0.404 e. The maximum Gasteiger partial charge on any atom is 0.573 e. The summed E-state index contributed by atoms with van der Waals surface area (Å²) in [6.45, 7) is -0.254. The number of pyridine rings is 1. The number of carbonyl (C=O) groups is 2. The van der Waals surface area contributed by atoms with Crippen molar-refractivity contribution >= 4 is 40.2 Å². The first-order chi connectivity index (χ1) is 22.1. The standard InChI is InChI=1S/C28H20F7N7O4S/c1-15-2-3-17(11-45-13-27(30,31)32)21(8-15)42-23(43)12-47-26(42)39-25(44)38-20-6-4-16(9-19(20)29)24-37-14-41(40-24)22-7-5-18(10-36-22)46-28(33,34)35/h2-10,14H,11-13H2,1H3,(H,38,44). The number of urea groups is 1. The molecule has 3 amide bonds. The number of benzene rings is 2. The summed E-state index contributed by atoms with van der Waals surface area (Å²) in [7, 11) is 0. The van der Waals surface area contributed by atoms with Crippen LogP contribution in [0.15, 0.2) is 66.0 Å². The van der Waals surface area contributed by atoms with E-state index in [0.29, 0.717) is 5.56 Å². The molecule has 47 heavy (non-hydrogen) atoms. The quantitative estimate of drug-likeness (QED) is 0.211. The van der Waals surface area contributed by atoms with Gasteiger partial charge in [-0.1, -0.05) is 23.9 Å². The van der Waals surface area contributed by atoms with Crippen LogP contribution < -0.4 is 15.0 Å². The van der Waals surface area contributed by atoms with Gasteiger partial charge in [0.1, 0.15) is 24.5 Å². The predicted molar refractivity (Wildman–Crippen MR) is 155 cm³/mol. The molecule has 1 fully saturated rings. The SMILES string of the molecule is Cc1ccc(COCC(F)(F)F)c(N2C(=O)CSC2=NC(=O)Nc2ccc(-c3ncn(-c4ccc(OC(F)(F)F)cn4)n3)cc2F)c1. The van der Waals surface area contributed by atoms with E-state index in [9.17, 15) is 35.9 Å². The topological polar surface area (TPSA) is 124 Å². The van der Waals surface area contributed by atoms with Gasteiger partial charge in [-0.15, -0.1) is 18.3 Å². The van der Waals surface area contributed by atoms with Crippen LogP contribution in [0.3, 0.4) is 0 Å². The second-order valence-corrected chi connectivity index (χ2v) is 10.6. The fourth-order valence-electron chi connectivity index (χ4n) is 4.16. The van der Waals surface area contributed by atoms with Crippen LogP contribution in [-0.2, 0) is 16.1 Å². The van der Waals surface area contributed by atoms with Crippen LogP contribution in [0, 0.1) is 12.7 Å². The van der Waals surface area contributed by atoms with Crippen molar-refractivity contribution in [2.45, 2.75) is 26.1 Å². The van der Waals surface area contributed by atoms with Crippen molar-refractivity contribution < 1.29 is 49.8 Å². The average Bonchev–Trinajstić information content (AvgIpc) is 3.61. The van der Waals surface area contributed by atoms with E-state index in [-0.39, 0.29) is 45.1 Å². The molecule has 0 unspecified atom stereocenters. The lowest BCUT2D eigenvalue weighted by atomic mass is 10.1. The van der Waals surface area contributed by atoms with Gasteiger partial charge < -0.3 is 14.8 Å². The monoisotopic (exact) mass is 683 g/mol. The number of thioether (sulfide) groups is 1. The summed E-state index contributed by atoms with van der Waals surface area (Å²) >= 11 is 0.912. The lowest BCUT2D eigenvalue weighted by Gasteiger charge is -2.21. The number of hydrogen-bond donors (Lipinski definition) is 1. The molecule has 1 N–H and O–H groups in total. The number of alkyl halides is 6. The highest BCUT2D eigenvalue weighted by atomic mass is 32.2. The van der Waals surface area contributed by atoms with Crippen LogP contribution in [0.25, 0.3) is 17.2 Å². The number of aryl methyl sites for hydroxylation is 1. The van der Waals surface area contributed by atoms with E-state index in [2.05, 4.69) is 30.1 Å². The number of amides is 3. The molecule has 1 aliphatic heterocycles. The van der Waals surface area contributed by atoms with Crippen molar-refractivity contribution in [1.82, 2.24) is 19.7 Å². The Hall–Kier alpha value is -5.04. The molecule has 0 atom stereocenters. The van der Waals surface area contributed by atoms with Crippen molar-refractivity contribution in [2.75, 3.05) is 22.6 Å². The van der Waals surface area contributed by atoms with Crippen LogP contribution in [0.5, 0.6) is 5.75 Å². The van der Waals surface area contributed by atoms with Crippen molar-refractivity contribution in [1.29, 1.82) is 0 Å². The van der Waals surface area contributed by atoms with Gasteiger partial charge in [-0.3, -0.25) is 9.69 Å². The number of aromatic nitrogens is 4. The molecule has 0 radical (unpaired) electrons. The number of amidine groups is 1. The molecule has 11 nitrogen and oxygen atoms in total. The van der Waals surface area contributed by atoms with Crippen LogP contribution in [0.4, 0.5) is 46.9 Å². The Morgan fingerprint density at radius 3 is 2.53 bits per heavy atom. The maximum absolute atomic E-state index is 15.0.